The Labute approximate surface area is 125 Å². The van der Waals surface area contributed by atoms with Crippen molar-refractivity contribution < 1.29 is 4.79 Å². The monoisotopic (exact) mass is 280 g/mol. The zero-order chi connectivity index (χ0) is 15.1. The van der Waals surface area contributed by atoms with Gasteiger partial charge in [-0.2, -0.15) is 0 Å². The smallest absolute Gasteiger partial charge is 0.178 e. The summed E-state index contributed by atoms with van der Waals surface area (Å²) in [6, 6.07) is 13.8. The first-order valence-electron chi connectivity index (χ1n) is 7.27. The molecular formula is C18H20N2O. The maximum atomic E-state index is 11.3. The minimum absolute atomic E-state index is 0.0129. The first-order valence-corrected chi connectivity index (χ1v) is 7.27. The Morgan fingerprint density at radius 2 is 2.05 bits per heavy atom. The lowest BCUT2D eigenvalue weighted by Gasteiger charge is -2.00. The molecule has 0 amide bonds. The second-order valence-electron chi connectivity index (χ2n) is 5.01. The van der Waals surface area contributed by atoms with Gasteiger partial charge in [0.15, 0.2) is 5.78 Å². The van der Waals surface area contributed by atoms with Crippen LogP contribution < -0.4 is 0 Å². The third kappa shape index (κ3) is 4.63. The van der Waals surface area contributed by atoms with Crippen LogP contribution in [0.15, 0.2) is 47.5 Å². The van der Waals surface area contributed by atoms with E-state index in [0.717, 1.165) is 24.2 Å². The molecule has 2 aromatic rings. The molecule has 0 bridgehead atoms. The van der Waals surface area contributed by atoms with Gasteiger partial charge < -0.3 is 0 Å². The van der Waals surface area contributed by atoms with Gasteiger partial charge in [-0.15, -0.1) is 0 Å². The molecule has 3 nitrogen and oxygen atoms in total. The predicted octanol–water partition coefficient (Wildman–Crippen LogP) is 4.18. The van der Waals surface area contributed by atoms with Crippen LogP contribution in [-0.2, 0) is 12.8 Å². The van der Waals surface area contributed by atoms with Gasteiger partial charge in [0.25, 0.3) is 0 Å². The molecule has 0 fully saturated rings. The van der Waals surface area contributed by atoms with Crippen molar-refractivity contribution in [1.29, 1.82) is 0 Å². The Kier molecular flexibility index (Phi) is 5.38. The lowest BCUT2D eigenvalue weighted by molar-refractivity contribution is 0.101. The summed E-state index contributed by atoms with van der Waals surface area (Å²) in [6.45, 7) is 3.70. The van der Waals surface area contributed by atoms with Gasteiger partial charge in [0.05, 0.1) is 5.69 Å². The van der Waals surface area contributed by atoms with Gasteiger partial charge in [-0.3, -0.25) is 9.79 Å². The summed E-state index contributed by atoms with van der Waals surface area (Å²) in [5.74, 6) is -0.0129. The van der Waals surface area contributed by atoms with Gasteiger partial charge in [-0.05, 0) is 36.2 Å². The lowest BCUT2D eigenvalue weighted by Crippen LogP contribution is -2.00. The maximum Gasteiger partial charge on any atom is 0.178 e. The van der Waals surface area contributed by atoms with Crippen molar-refractivity contribution in [2.75, 3.05) is 0 Å². The summed E-state index contributed by atoms with van der Waals surface area (Å²) in [6.07, 6.45) is 4.68. The fraction of sp³-hybridized carbons (Fsp3) is 0.278. The minimum Gasteiger partial charge on any atom is -0.293 e. The molecule has 0 aliphatic rings. The Balaban J connectivity index is 2.03. The topological polar surface area (TPSA) is 42.3 Å². The molecule has 2 rings (SSSR count). The van der Waals surface area contributed by atoms with Crippen molar-refractivity contribution >= 4 is 17.7 Å². The summed E-state index contributed by atoms with van der Waals surface area (Å²) in [7, 11) is 0. The van der Waals surface area contributed by atoms with E-state index in [9.17, 15) is 4.79 Å². The molecule has 0 N–H and O–H groups in total. The molecule has 0 spiro atoms. The molecule has 3 heteroatoms. The molecule has 108 valence electrons. The second-order valence-corrected chi connectivity index (χ2v) is 5.01. The number of nitrogens with zero attached hydrogens (tertiary/aromatic N) is 2. The van der Waals surface area contributed by atoms with E-state index < -0.39 is 0 Å². The highest BCUT2D eigenvalue weighted by Crippen LogP contribution is 2.15. The number of aryl methyl sites for hydroxylation is 1. The second kappa shape index (κ2) is 7.48. The van der Waals surface area contributed by atoms with Crippen molar-refractivity contribution in [2.24, 2.45) is 4.99 Å². The van der Waals surface area contributed by atoms with E-state index >= 15 is 0 Å². The highest BCUT2D eigenvalue weighted by molar-refractivity contribution is 5.92. The fourth-order valence-corrected chi connectivity index (χ4v) is 2.11. The van der Waals surface area contributed by atoms with Crippen molar-refractivity contribution in [3.8, 4) is 0 Å². The number of hydrogen-bond acceptors (Lipinski definition) is 3. The lowest BCUT2D eigenvalue weighted by atomic mass is 10.1. The number of aromatic nitrogens is 1. The van der Waals surface area contributed by atoms with E-state index in [0.29, 0.717) is 12.1 Å². The summed E-state index contributed by atoms with van der Waals surface area (Å²) >= 11 is 0. The summed E-state index contributed by atoms with van der Waals surface area (Å²) < 4.78 is 0. The standard InChI is InChI=1S/C18H20N2O/c1-3-6-15-7-4-9-17(13-15)19-12-11-16-8-5-10-18(20-16)14(2)21/h4-5,7-10,12-13H,3,6,11H2,1-2H3. The summed E-state index contributed by atoms with van der Waals surface area (Å²) in [5.41, 5.74) is 3.63. The van der Waals surface area contributed by atoms with Crippen molar-refractivity contribution in [2.45, 2.75) is 33.1 Å². The average molecular weight is 280 g/mol. The van der Waals surface area contributed by atoms with E-state index in [4.69, 9.17) is 0 Å². The number of carbonyl (C=O) groups excluding carboxylic acids is 1. The van der Waals surface area contributed by atoms with Gasteiger partial charge in [0.2, 0.25) is 0 Å². The van der Waals surface area contributed by atoms with E-state index in [1.54, 1.807) is 6.07 Å². The number of benzene rings is 1. The molecular weight excluding hydrogens is 260 g/mol. The van der Waals surface area contributed by atoms with Gasteiger partial charge >= 0.3 is 0 Å². The Morgan fingerprint density at radius 3 is 2.81 bits per heavy atom. The zero-order valence-corrected chi connectivity index (χ0v) is 12.5. The van der Waals surface area contributed by atoms with Crippen LogP contribution in [0.3, 0.4) is 0 Å². The number of Topliss-reactive ketones (excluding diaryl/α,β-unsaturated/α-hetero) is 1. The normalized spacial score (nSPS) is 11.0. The highest BCUT2D eigenvalue weighted by Gasteiger charge is 2.01. The summed E-state index contributed by atoms with van der Waals surface area (Å²) in [4.78, 5) is 20.1. The number of carbonyl (C=O) groups is 1. The molecule has 0 unspecified atom stereocenters. The van der Waals surface area contributed by atoms with Crippen LogP contribution >= 0.6 is 0 Å². The summed E-state index contributed by atoms with van der Waals surface area (Å²) in [5, 5.41) is 0. The van der Waals surface area contributed by atoms with E-state index in [-0.39, 0.29) is 5.78 Å². The van der Waals surface area contributed by atoms with Gasteiger partial charge in [-0.25, -0.2) is 4.98 Å². The van der Waals surface area contributed by atoms with E-state index in [1.165, 1.54) is 12.5 Å². The number of rotatable bonds is 6. The first kappa shape index (κ1) is 15.1. The highest BCUT2D eigenvalue weighted by atomic mass is 16.1. The zero-order valence-electron chi connectivity index (χ0n) is 12.5. The quantitative estimate of drug-likeness (QED) is 0.588. The molecule has 0 aliphatic heterocycles. The molecule has 1 aromatic heterocycles. The molecule has 21 heavy (non-hydrogen) atoms. The van der Waals surface area contributed by atoms with Crippen LogP contribution in [-0.4, -0.2) is 17.0 Å². The number of aliphatic imine (C=N–C) groups is 1. The molecule has 0 aliphatic carbocycles. The van der Waals surface area contributed by atoms with Crippen LogP contribution in [0.1, 0.15) is 42.0 Å². The molecule has 0 atom stereocenters. The van der Waals surface area contributed by atoms with Crippen molar-refractivity contribution in [3.05, 3.63) is 59.4 Å². The molecule has 1 aromatic carbocycles. The first-order chi connectivity index (χ1) is 10.2. The molecule has 1 heterocycles. The molecule has 0 saturated carbocycles. The third-order valence-corrected chi connectivity index (χ3v) is 3.16. The molecule has 0 saturated heterocycles. The van der Waals surface area contributed by atoms with Crippen LogP contribution in [0.25, 0.3) is 0 Å². The number of pyridine rings is 1. The van der Waals surface area contributed by atoms with E-state index in [1.807, 2.05) is 30.5 Å². The maximum absolute atomic E-state index is 11.3. The van der Waals surface area contributed by atoms with Gasteiger partial charge in [0, 0.05) is 25.3 Å². The van der Waals surface area contributed by atoms with Crippen LogP contribution in [0.4, 0.5) is 5.69 Å². The van der Waals surface area contributed by atoms with Crippen LogP contribution in [0.5, 0.6) is 0 Å². The van der Waals surface area contributed by atoms with Crippen molar-refractivity contribution in [3.63, 3.8) is 0 Å². The Bertz CT molecular complexity index is 647. The van der Waals surface area contributed by atoms with Crippen molar-refractivity contribution in [1.82, 2.24) is 4.98 Å². The average Bonchev–Trinajstić information content (AvgIpc) is 2.48. The van der Waals surface area contributed by atoms with Gasteiger partial charge in [0.1, 0.15) is 5.69 Å². The fourth-order valence-electron chi connectivity index (χ4n) is 2.11. The SMILES string of the molecule is CCCc1cccc(N=CCc2cccc(C(C)=O)n2)c1. The molecule has 0 radical (unpaired) electrons. The van der Waals surface area contributed by atoms with Gasteiger partial charge in [-0.1, -0.05) is 31.5 Å². The minimum atomic E-state index is -0.0129. The van der Waals surface area contributed by atoms with E-state index in [2.05, 4.69) is 29.0 Å². The Morgan fingerprint density at radius 1 is 1.24 bits per heavy atom. The number of hydrogen-bond donors (Lipinski definition) is 0. The largest absolute Gasteiger partial charge is 0.293 e. The predicted molar refractivity (Wildman–Crippen MR) is 86.5 cm³/mol. The Hall–Kier alpha value is -2.29. The van der Waals surface area contributed by atoms with Crippen LogP contribution in [0, 0.1) is 0 Å². The van der Waals surface area contributed by atoms with Crippen LogP contribution in [0.2, 0.25) is 0 Å². The third-order valence-electron chi connectivity index (χ3n) is 3.16. The number of ketones is 1.